The minimum atomic E-state index is 0.232. The maximum atomic E-state index is 8.97. The highest BCUT2D eigenvalue weighted by Gasteiger charge is 2.15. The highest BCUT2D eigenvalue weighted by atomic mass is 16.3. The van der Waals surface area contributed by atoms with Crippen molar-refractivity contribution in [3.05, 3.63) is 29.7 Å². The Morgan fingerprint density at radius 1 is 1.39 bits per heavy atom. The van der Waals surface area contributed by atoms with Crippen LogP contribution in [0, 0.1) is 6.92 Å². The van der Waals surface area contributed by atoms with Crippen LogP contribution in [-0.2, 0) is 0 Å². The maximum Gasteiger partial charge on any atom is 0.192 e. The van der Waals surface area contributed by atoms with Crippen molar-refractivity contribution < 1.29 is 9.52 Å². The van der Waals surface area contributed by atoms with Crippen molar-refractivity contribution in [1.29, 1.82) is 0 Å². The molecule has 18 heavy (non-hydrogen) atoms. The van der Waals surface area contributed by atoms with Crippen LogP contribution in [0.2, 0.25) is 0 Å². The number of nitrogens with zero attached hydrogens (tertiary/aromatic N) is 2. The van der Waals surface area contributed by atoms with Gasteiger partial charge in [0.15, 0.2) is 11.5 Å². The summed E-state index contributed by atoms with van der Waals surface area (Å²) in [6.07, 6.45) is 1.74. The van der Waals surface area contributed by atoms with Crippen LogP contribution in [0.5, 0.6) is 0 Å². The average molecular weight is 248 g/mol. The Labute approximate surface area is 107 Å². The third kappa shape index (κ3) is 2.71. The molecule has 98 valence electrons. The predicted octanol–water partition coefficient (Wildman–Crippen LogP) is 2.51. The van der Waals surface area contributed by atoms with Crippen molar-refractivity contribution in [1.82, 2.24) is 9.88 Å². The molecule has 0 aliphatic rings. The van der Waals surface area contributed by atoms with Gasteiger partial charge in [-0.15, -0.1) is 0 Å². The smallest absolute Gasteiger partial charge is 0.192 e. The van der Waals surface area contributed by atoms with E-state index in [0.29, 0.717) is 11.9 Å². The van der Waals surface area contributed by atoms with Crippen LogP contribution < -0.4 is 0 Å². The number of hydrogen-bond acceptors (Lipinski definition) is 4. The number of aliphatic hydroxyl groups is 1. The van der Waals surface area contributed by atoms with Gasteiger partial charge in [0, 0.05) is 19.6 Å². The molecule has 1 heterocycles. The van der Waals surface area contributed by atoms with Crippen LogP contribution in [-0.4, -0.2) is 35.7 Å². The monoisotopic (exact) mass is 248 g/mol. The largest absolute Gasteiger partial charge is 0.441 e. The standard InChI is InChI=1S/C14H20N2O2/c1-10-15-12-9-11(6-7-14(12)18-10)13(16(2)3)5-4-8-17/h6-7,9,13,17H,4-5,8H2,1-3H3. The summed E-state index contributed by atoms with van der Waals surface area (Å²) in [7, 11) is 4.11. The summed E-state index contributed by atoms with van der Waals surface area (Å²) in [5, 5.41) is 8.97. The van der Waals surface area contributed by atoms with Gasteiger partial charge in [-0.3, -0.25) is 0 Å². The minimum absolute atomic E-state index is 0.232. The van der Waals surface area contributed by atoms with Gasteiger partial charge in [0.2, 0.25) is 0 Å². The number of benzene rings is 1. The number of aryl methyl sites for hydroxylation is 1. The molecule has 0 bridgehead atoms. The summed E-state index contributed by atoms with van der Waals surface area (Å²) in [6, 6.07) is 6.43. The average Bonchev–Trinajstić information content (AvgIpc) is 2.68. The number of hydrogen-bond donors (Lipinski definition) is 1. The normalized spacial score (nSPS) is 13.4. The van der Waals surface area contributed by atoms with E-state index in [1.807, 2.05) is 13.0 Å². The molecule has 1 unspecified atom stereocenters. The zero-order chi connectivity index (χ0) is 13.1. The van der Waals surface area contributed by atoms with E-state index in [0.717, 1.165) is 23.9 Å². The fourth-order valence-corrected chi connectivity index (χ4v) is 2.27. The van der Waals surface area contributed by atoms with Crippen LogP contribution in [0.25, 0.3) is 11.1 Å². The second-order valence-corrected chi connectivity index (χ2v) is 4.81. The van der Waals surface area contributed by atoms with Gasteiger partial charge in [-0.1, -0.05) is 6.07 Å². The number of fused-ring (bicyclic) bond motifs is 1. The Hall–Kier alpha value is -1.39. The van der Waals surface area contributed by atoms with E-state index < -0.39 is 0 Å². The lowest BCUT2D eigenvalue weighted by molar-refractivity contribution is 0.235. The van der Waals surface area contributed by atoms with Crippen LogP contribution >= 0.6 is 0 Å². The van der Waals surface area contributed by atoms with Crippen molar-refractivity contribution in [3.63, 3.8) is 0 Å². The lowest BCUT2D eigenvalue weighted by Crippen LogP contribution is -2.20. The van der Waals surface area contributed by atoms with Gasteiger partial charge in [0.1, 0.15) is 5.52 Å². The Kier molecular flexibility index (Phi) is 3.99. The highest BCUT2D eigenvalue weighted by Crippen LogP contribution is 2.26. The molecule has 0 spiro atoms. The highest BCUT2D eigenvalue weighted by molar-refractivity contribution is 5.73. The predicted molar refractivity (Wildman–Crippen MR) is 71.5 cm³/mol. The van der Waals surface area contributed by atoms with Gasteiger partial charge in [-0.25, -0.2) is 4.98 Å². The topological polar surface area (TPSA) is 49.5 Å². The van der Waals surface area contributed by atoms with Crippen molar-refractivity contribution in [2.24, 2.45) is 0 Å². The number of aliphatic hydroxyl groups excluding tert-OH is 1. The molecule has 0 radical (unpaired) electrons. The van der Waals surface area contributed by atoms with E-state index in [1.165, 1.54) is 5.56 Å². The first-order valence-electron chi connectivity index (χ1n) is 6.26. The van der Waals surface area contributed by atoms with Gasteiger partial charge in [0.05, 0.1) is 0 Å². The molecule has 2 rings (SSSR count). The third-order valence-electron chi connectivity index (χ3n) is 3.16. The Morgan fingerprint density at radius 3 is 2.83 bits per heavy atom. The molecule has 1 atom stereocenters. The summed E-state index contributed by atoms with van der Waals surface area (Å²) >= 11 is 0. The fourth-order valence-electron chi connectivity index (χ4n) is 2.27. The number of aromatic nitrogens is 1. The molecular weight excluding hydrogens is 228 g/mol. The molecule has 0 saturated carbocycles. The van der Waals surface area contributed by atoms with E-state index in [4.69, 9.17) is 9.52 Å². The number of rotatable bonds is 5. The van der Waals surface area contributed by atoms with Crippen molar-refractivity contribution in [2.45, 2.75) is 25.8 Å². The minimum Gasteiger partial charge on any atom is -0.441 e. The molecule has 1 aromatic carbocycles. The van der Waals surface area contributed by atoms with Crippen LogP contribution in [0.4, 0.5) is 0 Å². The van der Waals surface area contributed by atoms with E-state index in [-0.39, 0.29) is 6.61 Å². The zero-order valence-corrected chi connectivity index (χ0v) is 11.2. The van der Waals surface area contributed by atoms with Crippen LogP contribution in [0.15, 0.2) is 22.6 Å². The summed E-state index contributed by atoms with van der Waals surface area (Å²) in [5.41, 5.74) is 2.95. The molecule has 2 aromatic rings. The Bertz CT molecular complexity index is 519. The Balaban J connectivity index is 2.31. The zero-order valence-electron chi connectivity index (χ0n) is 11.2. The molecule has 0 aliphatic heterocycles. The molecular formula is C14H20N2O2. The summed E-state index contributed by atoms with van der Waals surface area (Å²) in [5.74, 6) is 0.693. The molecule has 0 saturated heterocycles. The molecule has 0 amide bonds. The summed E-state index contributed by atoms with van der Waals surface area (Å²) < 4.78 is 5.48. The van der Waals surface area contributed by atoms with Gasteiger partial charge in [0.25, 0.3) is 0 Å². The lowest BCUT2D eigenvalue weighted by Gasteiger charge is -2.24. The summed E-state index contributed by atoms with van der Waals surface area (Å²) in [6.45, 7) is 2.09. The summed E-state index contributed by atoms with van der Waals surface area (Å²) in [4.78, 5) is 6.53. The van der Waals surface area contributed by atoms with Gasteiger partial charge in [-0.05, 0) is 44.6 Å². The van der Waals surface area contributed by atoms with Gasteiger partial charge >= 0.3 is 0 Å². The fraction of sp³-hybridized carbons (Fsp3) is 0.500. The molecule has 1 aromatic heterocycles. The lowest BCUT2D eigenvalue weighted by atomic mass is 10.0. The van der Waals surface area contributed by atoms with E-state index in [9.17, 15) is 0 Å². The molecule has 4 heteroatoms. The van der Waals surface area contributed by atoms with E-state index >= 15 is 0 Å². The van der Waals surface area contributed by atoms with E-state index in [2.05, 4.69) is 36.1 Å². The van der Waals surface area contributed by atoms with Crippen LogP contribution in [0.3, 0.4) is 0 Å². The molecule has 1 N–H and O–H groups in total. The first kappa shape index (κ1) is 13.1. The second-order valence-electron chi connectivity index (χ2n) is 4.81. The number of oxazole rings is 1. The van der Waals surface area contributed by atoms with Gasteiger partial charge in [-0.2, -0.15) is 0 Å². The molecule has 4 nitrogen and oxygen atoms in total. The van der Waals surface area contributed by atoms with Crippen molar-refractivity contribution >= 4 is 11.1 Å². The molecule has 0 aliphatic carbocycles. The quantitative estimate of drug-likeness (QED) is 0.883. The first-order valence-corrected chi connectivity index (χ1v) is 6.26. The van der Waals surface area contributed by atoms with Gasteiger partial charge < -0.3 is 14.4 Å². The maximum absolute atomic E-state index is 8.97. The molecule has 0 fully saturated rings. The second kappa shape index (κ2) is 5.50. The first-order chi connectivity index (χ1) is 8.61. The van der Waals surface area contributed by atoms with E-state index in [1.54, 1.807) is 0 Å². The SMILES string of the molecule is Cc1nc2cc(C(CCCO)N(C)C)ccc2o1. The third-order valence-corrected chi connectivity index (χ3v) is 3.16. The van der Waals surface area contributed by atoms with Crippen molar-refractivity contribution in [3.8, 4) is 0 Å². The Morgan fingerprint density at radius 2 is 2.17 bits per heavy atom. The van der Waals surface area contributed by atoms with Crippen LogP contribution in [0.1, 0.15) is 30.3 Å². The van der Waals surface area contributed by atoms with Crippen molar-refractivity contribution in [2.75, 3.05) is 20.7 Å².